The Morgan fingerprint density at radius 3 is 2.72 bits per heavy atom. The second-order valence-corrected chi connectivity index (χ2v) is 4.34. The number of hydrogen-bond donors (Lipinski definition) is 2. The van der Waals surface area contributed by atoms with E-state index in [1.54, 1.807) is 12.2 Å². The molecule has 0 unspecified atom stereocenters. The smallest absolute Gasteiger partial charge is 0.407 e. The molecule has 2 atom stereocenters. The van der Waals surface area contributed by atoms with E-state index in [0.29, 0.717) is 6.42 Å². The predicted molar refractivity (Wildman–Crippen MR) is 67.9 cm³/mol. The van der Waals surface area contributed by atoms with E-state index in [1.165, 1.54) is 0 Å². The molecule has 96 valence electrons. The number of amides is 1. The van der Waals surface area contributed by atoms with Crippen LogP contribution >= 0.6 is 0 Å². The fourth-order valence-electron chi connectivity index (χ4n) is 1.84. The van der Waals surface area contributed by atoms with Crippen LogP contribution in [0.3, 0.4) is 0 Å². The molecule has 0 spiro atoms. The van der Waals surface area contributed by atoms with Crippen LogP contribution in [0.2, 0.25) is 0 Å². The number of aliphatic hydroxyl groups excluding tert-OH is 1. The minimum Gasteiger partial charge on any atom is -0.445 e. The number of ether oxygens (including phenoxy) is 1. The van der Waals surface area contributed by atoms with Gasteiger partial charge in [0, 0.05) is 0 Å². The summed E-state index contributed by atoms with van der Waals surface area (Å²) in [6.45, 7) is 0.270. The van der Waals surface area contributed by atoms with Crippen molar-refractivity contribution in [2.75, 3.05) is 0 Å². The molecule has 4 heteroatoms. The maximum atomic E-state index is 11.5. The molecule has 0 bridgehead atoms. The van der Waals surface area contributed by atoms with Gasteiger partial charge in [0.1, 0.15) is 6.61 Å². The average molecular weight is 247 g/mol. The molecule has 1 aliphatic carbocycles. The highest BCUT2D eigenvalue weighted by Gasteiger charge is 2.16. The zero-order valence-electron chi connectivity index (χ0n) is 10.1. The fraction of sp³-hybridized carbons (Fsp3) is 0.357. The van der Waals surface area contributed by atoms with Crippen LogP contribution in [0.15, 0.2) is 42.5 Å². The van der Waals surface area contributed by atoms with E-state index in [0.717, 1.165) is 12.0 Å². The maximum absolute atomic E-state index is 11.5. The van der Waals surface area contributed by atoms with E-state index in [1.807, 2.05) is 30.3 Å². The molecule has 1 aliphatic rings. The summed E-state index contributed by atoms with van der Waals surface area (Å²) in [5.41, 5.74) is 0.960. The lowest BCUT2D eigenvalue weighted by Crippen LogP contribution is -2.36. The van der Waals surface area contributed by atoms with Gasteiger partial charge in [-0.3, -0.25) is 0 Å². The molecule has 4 nitrogen and oxygen atoms in total. The van der Waals surface area contributed by atoms with Gasteiger partial charge >= 0.3 is 6.09 Å². The number of carbonyl (C=O) groups is 1. The van der Waals surface area contributed by atoms with Gasteiger partial charge in [0.15, 0.2) is 0 Å². The van der Waals surface area contributed by atoms with E-state index < -0.39 is 6.09 Å². The van der Waals surface area contributed by atoms with Gasteiger partial charge in [-0.05, 0) is 18.4 Å². The Morgan fingerprint density at radius 1 is 1.28 bits per heavy atom. The first kappa shape index (κ1) is 12.6. The minimum atomic E-state index is -0.426. The molecular weight excluding hydrogens is 230 g/mol. The van der Waals surface area contributed by atoms with Crippen molar-refractivity contribution < 1.29 is 14.6 Å². The van der Waals surface area contributed by atoms with E-state index in [-0.39, 0.29) is 18.8 Å². The second-order valence-electron chi connectivity index (χ2n) is 4.34. The third kappa shape index (κ3) is 3.89. The van der Waals surface area contributed by atoms with Crippen LogP contribution in [0.1, 0.15) is 18.4 Å². The first-order valence-corrected chi connectivity index (χ1v) is 6.07. The summed E-state index contributed by atoms with van der Waals surface area (Å²) >= 11 is 0. The van der Waals surface area contributed by atoms with E-state index in [9.17, 15) is 9.90 Å². The van der Waals surface area contributed by atoms with Crippen molar-refractivity contribution >= 4 is 6.09 Å². The van der Waals surface area contributed by atoms with Crippen LogP contribution in [0, 0.1) is 0 Å². The van der Waals surface area contributed by atoms with Gasteiger partial charge in [-0.15, -0.1) is 0 Å². The number of nitrogens with one attached hydrogen (secondary N) is 1. The third-order valence-corrected chi connectivity index (χ3v) is 2.86. The van der Waals surface area contributed by atoms with Crippen LogP contribution in [0.4, 0.5) is 4.79 Å². The molecule has 1 aromatic carbocycles. The molecule has 0 saturated carbocycles. The van der Waals surface area contributed by atoms with Gasteiger partial charge in [-0.2, -0.15) is 0 Å². The standard InChI is InChI=1S/C14H17NO3/c16-13-8-6-12(7-9-13)15-14(17)18-10-11-4-2-1-3-5-11/h1-6,8,12-13,16H,7,9-10H2,(H,15,17)/t12-,13+/m0/s1. The Kier molecular flexibility index (Phi) is 4.36. The summed E-state index contributed by atoms with van der Waals surface area (Å²) < 4.78 is 5.11. The lowest BCUT2D eigenvalue weighted by Gasteiger charge is -2.20. The molecule has 0 fully saturated rings. The first-order valence-electron chi connectivity index (χ1n) is 6.07. The minimum absolute atomic E-state index is 0.0447. The molecule has 0 aromatic heterocycles. The maximum Gasteiger partial charge on any atom is 0.407 e. The Morgan fingerprint density at radius 2 is 2.06 bits per heavy atom. The van der Waals surface area contributed by atoms with Gasteiger partial charge in [-0.25, -0.2) is 4.79 Å². The Bertz CT molecular complexity index is 416. The number of carbonyl (C=O) groups excluding carboxylic acids is 1. The zero-order chi connectivity index (χ0) is 12.8. The molecule has 0 radical (unpaired) electrons. The van der Waals surface area contributed by atoms with Gasteiger partial charge in [0.25, 0.3) is 0 Å². The van der Waals surface area contributed by atoms with Crippen molar-refractivity contribution in [3.05, 3.63) is 48.0 Å². The highest BCUT2D eigenvalue weighted by molar-refractivity contribution is 5.68. The molecule has 18 heavy (non-hydrogen) atoms. The van der Waals surface area contributed by atoms with Gasteiger partial charge in [0.05, 0.1) is 12.1 Å². The lowest BCUT2D eigenvalue weighted by atomic mass is 10.0. The van der Waals surface area contributed by atoms with Crippen molar-refractivity contribution in [1.29, 1.82) is 0 Å². The topological polar surface area (TPSA) is 58.6 Å². The van der Waals surface area contributed by atoms with E-state index in [4.69, 9.17) is 4.74 Å². The highest BCUT2D eigenvalue weighted by atomic mass is 16.5. The fourth-order valence-corrected chi connectivity index (χ4v) is 1.84. The SMILES string of the molecule is O=C(N[C@H]1C=C[C@@H](O)CC1)OCc1ccccc1. The zero-order valence-corrected chi connectivity index (χ0v) is 10.1. The number of benzene rings is 1. The van der Waals surface area contributed by atoms with Crippen LogP contribution in [0.5, 0.6) is 0 Å². The van der Waals surface area contributed by atoms with Crippen molar-refractivity contribution in [3.8, 4) is 0 Å². The Balaban J connectivity index is 1.74. The molecule has 2 rings (SSSR count). The van der Waals surface area contributed by atoms with Crippen molar-refractivity contribution in [3.63, 3.8) is 0 Å². The normalized spacial score (nSPS) is 22.5. The number of aliphatic hydroxyl groups is 1. The molecule has 1 amide bonds. The summed E-state index contributed by atoms with van der Waals surface area (Å²) in [4.78, 5) is 11.5. The quantitative estimate of drug-likeness (QED) is 0.803. The summed E-state index contributed by atoms with van der Waals surface area (Å²) in [5.74, 6) is 0. The van der Waals surface area contributed by atoms with Crippen molar-refractivity contribution in [2.24, 2.45) is 0 Å². The summed E-state index contributed by atoms with van der Waals surface area (Å²) in [5, 5.41) is 12.0. The van der Waals surface area contributed by atoms with E-state index in [2.05, 4.69) is 5.32 Å². The van der Waals surface area contributed by atoms with Gasteiger partial charge in [0.2, 0.25) is 0 Å². The molecule has 0 aliphatic heterocycles. The largest absolute Gasteiger partial charge is 0.445 e. The van der Waals surface area contributed by atoms with Crippen LogP contribution in [-0.2, 0) is 11.3 Å². The molecular formula is C14H17NO3. The van der Waals surface area contributed by atoms with E-state index >= 15 is 0 Å². The predicted octanol–water partition coefficient (Wildman–Crippen LogP) is 1.99. The molecule has 2 N–H and O–H groups in total. The summed E-state index contributed by atoms with van der Waals surface area (Å²) in [6, 6.07) is 9.50. The van der Waals surface area contributed by atoms with Crippen LogP contribution in [-0.4, -0.2) is 23.3 Å². The number of alkyl carbamates (subject to hydrolysis) is 1. The third-order valence-electron chi connectivity index (χ3n) is 2.86. The van der Waals surface area contributed by atoms with Crippen LogP contribution < -0.4 is 5.32 Å². The number of hydrogen-bond acceptors (Lipinski definition) is 3. The van der Waals surface area contributed by atoms with Gasteiger partial charge in [-0.1, -0.05) is 42.5 Å². The lowest BCUT2D eigenvalue weighted by molar-refractivity contribution is 0.134. The Labute approximate surface area is 106 Å². The average Bonchev–Trinajstić information content (AvgIpc) is 2.40. The monoisotopic (exact) mass is 247 g/mol. The van der Waals surface area contributed by atoms with Gasteiger partial charge < -0.3 is 15.2 Å². The van der Waals surface area contributed by atoms with Crippen molar-refractivity contribution in [1.82, 2.24) is 5.32 Å². The second kappa shape index (κ2) is 6.21. The summed E-state index contributed by atoms with van der Waals surface area (Å²) in [7, 11) is 0. The molecule has 0 saturated heterocycles. The number of rotatable bonds is 3. The Hall–Kier alpha value is -1.81. The van der Waals surface area contributed by atoms with Crippen LogP contribution in [0.25, 0.3) is 0 Å². The summed E-state index contributed by atoms with van der Waals surface area (Å²) in [6.07, 6.45) is 4.09. The highest BCUT2D eigenvalue weighted by Crippen LogP contribution is 2.11. The molecule has 1 aromatic rings. The molecule has 0 heterocycles. The van der Waals surface area contributed by atoms with Crippen molar-refractivity contribution in [2.45, 2.75) is 31.6 Å². The first-order chi connectivity index (χ1) is 8.74.